The fraction of sp³-hybridized carbons (Fsp3) is 0.500. The Morgan fingerprint density at radius 1 is 1.56 bits per heavy atom. The summed E-state index contributed by atoms with van der Waals surface area (Å²) >= 11 is 5.94. The van der Waals surface area contributed by atoms with E-state index in [0.29, 0.717) is 17.1 Å². The number of benzene rings is 1. The topological polar surface area (TPSA) is 46.2 Å². The fourth-order valence-corrected chi connectivity index (χ4v) is 2.70. The van der Waals surface area contributed by atoms with Gasteiger partial charge in [-0.3, -0.25) is 0 Å². The minimum atomic E-state index is -0.662. The molecule has 0 atom stereocenters. The highest BCUT2D eigenvalue weighted by atomic mass is 35.5. The Morgan fingerprint density at radius 2 is 2.19 bits per heavy atom. The number of phenolic OH excluding ortho intramolecular Hbond substituents is 1. The van der Waals surface area contributed by atoms with Gasteiger partial charge in [-0.05, 0) is 31.4 Å². The van der Waals surface area contributed by atoms with Crippen molar-refractivity contribution in [2.24, 2.45) is 5.73 Å². The number of phenols is 1. The third kappa shape index (κ3) is 1.50. The summed E-state index contributed by atoms with van der Waals surface area (Å²) in [7, 11) is 0. The van der Waals surface area contributed by atoms with Gasteiger partial charge in [0.15, 0.2) is 11.6 Å². The normalized spacial score (nSPS) is 18.2. The van der Waals surface area contributed by atoms with Crippen molar-refractivity contribution in [3.63, 3.8) is 0 Å². The molecule has 1 aromatic rings. The minimum absolute atomic E-state index is 0.278. The van der Waals surface area contributed by atoms with E-state index in [9.17, 15) is 9.50 Å². The first-order valence-corrected chi connectivity index (χ1v) is 5.78. The molecule has 0 unspecified atom stereocenters. The van der Waals surface area contributed by atoms with E-state index < -0.39 is 5.82 Å². The van der Waals surface area contributed by atoms with Crippen LogP contribution in [0.5, 0.6) is 5.75 Å². The van der Waals surface area contributed by atoms with E-state index in [1.54, 1.807) is 6.92 Å². The van der Waals surface area contributed by atoms with Crippen molar-refractivity contribution in [1.82, 2.24) is 0 Å². The molecule has 1 aliphatic rings. The summed E-state index contributed by atoms with van der Waals surface area (Å²) in [4.78, 5) is 0. The zero-order valence-corrected chi connectivity index (χ0v) is 9.94. The predicted molar refractivity (Wildman–Crippen MR) is 62.4 cm³/mol. The zero-order valence-electron chi connectivity index (χ0n) is 9.19. The molecule has 1 saturated carbocycles. The molecule has 0 radical (unpaired) electrons. The second kappa shape index (κ2) is 3.90. The van der Waals surface area contributed by atoms with Crippen LogP contribution in [0.3, 0.4) is 0 Å². The minimum Gasteiger partial charge on any atom is -0.505 e. The van der Waals surface area contributed by atoms with Crippen LogP contribution in [0, 0.1) is 12.7 Å². The van der Waals surface area contributed by atoms with Gasteiger partial charge in [0.05, 0.1) is 0 Å². The van der Waals surface area contributed by atoms with Crippen LogP contribution in [0.1, 0.15) is 30.4 Å². The molecule has 88 valence electrons. The molecule has 0 aliphatic heterocycles. The van der Waals surface area contributed by atoms with Crippen LogP contribution in [0.4, 0.5) is 4.39 Å². The molecular weight excluding hydrogens is 229 g/mol. The van der Waals surface area contributed by atoms with Crippen LogP contribution >= 0.6 is 11.6 Å². The van der Waals surface area contributed by atoms with Crippen LogP contribution < -0.4 is 5.73 Å². The standard InChI is InChI=1S/C12H15ClFNO/c1-7-8(13)5-9(14)11(16)10(7)12(6-15)3-2-4-12/h5,16H,2-4,6,15H2,1H3. The number of aromatic hydroxyl groups is 1. The Hall–Kier alpha value is -0.800. The third-order valence-corrected chi connectivity index (χ3v) is 4.07. The number of halogens is 2. The first kappa shape index (κ1) is 11.7. The number of hydrogen-bond donors (Lipinski definition) is 2. The highest BCUT2D eigenvalue weighted by Crippen LogP contribution is 2.49. The lowest BCUT2D eigenvalue weighted by Crippen LogP contribution is -2.42. The smallest absolute Gasteiger partial charge is 0.166 e. The van der Waals surface area contributed by atoms with Gasteiger partial charge in [0.2, 0.25) is 0 Å². The predicted octanol–water partition coefficient (Wildman–Crippen LogP) is 2.87. The second-order valence-electron chi connectivity index (χ2n) is 4.53. The Bertz CT molecular complexity index is 398. The highest BCUT2D eigenvalue weighted by molar-refractivity contribution is 6.31. The van der Waals surface area contributed by atoms with Crippen LogP contribution in [-0.2, 0) is 5.41 Å². The van der Waals surface area contributed by atoms with Crippen molar-refractivity contribution >= 4 is 11.6 Å². The first-order chi connectivity index (χ1) is 7.52. The lowest BCUT2D eigenvalue weighted by atomic mass is 9.63. The zero-order chi connectivity index (χ0) is 11.9. The van der Waals surface area contributed by atoms with Gasteiger partial charge in [-0.1, -0.05) is 18.0 Å². The number of rotatable bonds is 2. The fourth-order valence-electron chi connectivity index (χ4n) is 2.51. The van der Waals surface area contributed by atoms with Gasteiger partial charge in [0.25, 0.3) is 0 Å². The lowest BCUT2D eigenvalue weighted by Gasteiger charge is -2.42. The maximum Gasteiger partial charge on any atom is 0.166 e. The Labute approximate surface area is 99.2 Å². The Kier molecular flexibility index (Phi) is 2.84. The van der Waals surface area contributed by atoms with E-state index >= 15 is 0 Å². The molecule has 0 spiro atoms. The number of nitrogens with two attached hydrogens (primary N) is 1. The van der Waals surface area contributed by atoms with E-state index in [-0.39, 0.29) is 11.2 Å². The maximum absolute atomic E-state index is 13.5. The van der Waals surface area contributed by atoms with E-state index in [1.165, 1.54) is 0 Å². The van der Waals surface area contributed by atoms with Gasteiger partial charge in [0, 0.05) is 22.5 Å². The highest BCUT2D eigenvalue weighted by Gasteiger charge is 2.41. The van der Waals surface area contributed by atoms with E-state index in [4.69, 9.17) is 17.3 Å². The average Bonchev–Trinajstić information content (AvgIpc) is 2.19. The molecule has 16 heavy (non-hydrogen) atoms. The van der Waals surface area contributed by atoms with Crippen molar-refractivity contribution in [3.05, 3.63) is 28.0 Å². The molecule has 0 saturated heterocycles. The molecule has 0 heterocycles. The molecule has 4 heteroatoms. The molecule has 1 fully saturated rings. The maximum atomic E-state index is 13.5. The van der Waals surface area contributed by atoms with Crippen molar-refractivity contribution in [2.45, 2.75) is 31.6 Å². The van der Waals surface area contributed by atoms with Crippen molar-refractivity contribution < 1.29 is 9.50 Å². The van der Waals surface area contributed by atoms with Crippen LogP contribution in [0.25, 0.3) is 0 Å². The lowest BCUT2D eigenvalue weighted by molar-refractivity contribution is 0.241. The van der Waals surface area contributed by atoms with Crippen LogP contribution in [0.15, 0.2) is 6.07 Å². The number of hydrogen-bond acceptors (Lipinski definition) is 2. The molecule has 2 rings (SSSR count). The summed E-state index contributed by atoms with van der Waals surface area (Å²) in [6, 6.07) is 1.15. The van der Waals surface area contributed by atoms with Crippen molar-refractivity contribution in [1.29, 1.82) is 0 Å². The van der Waals surface area contributed by atoms with Gasteiger partial charge < -0.3 is 10.8 Å². The second-order valence-corrected chi connectivity index (χ2v) is 4.93. The largest absolute Gasteiger partial charge is 0.505 e. The molecular formula is C12H15ClFNO. The average molecular weight is 244 g/mol. The van der Waals surface area contributed by atoms with E-state index in [0.717, 1.165) is 30.9 Å². The Morgan fingerprint density at radius 3 is 2.62 bits per heavy atom. The van der Waals surface area contributed by atoms with Gasteiger partial charge >= 0.3 is 0 Å². The molecule has 1 aliphatic carbocycles. The molecule has 0 bridgehead atoms. The molecule has 0 amide bonds. The molecule has 2 nitrogen and oxygen atoms in total. The summed E-state index contributed by atoms with van der Waals surface area (Å²) in [5.41, 5.74) is 6.83. The van der Waals surface area contributed by atoms with E-state index in [1.807, 2.05) is 0 Å². The van der Waals surface area contributed by atoms with E-state index in [2.05, 4.69) is 0 Å². The Balaban J connectivity index is 2.63. The summed E-state index contributed by atoms with van der Waals surface area (Å²) in [5, 5.41) is 10.2. The van der Waals surface area contributed by atoms with Crippen LogP contribution in [-0.4, -0.2) is 11.7 Å². The summed E-state index contributed by atoms with van der Waals surface area (Å²) < 4.78 is 13.5. The van der Waals surface area contributed by atoms with Gasteiger partial charge in [-0.25, -0.2) is 4.39 Å². The van der Waals surface area contributed by atoms with Gasteiger partial charge in [-0.2, -0.15) is 0 Å². The van der Waals surface area contributed by atoms with Crippen molar-refractivity contribution in [2.75, 3.05) is 6.54 Å². The SMILES string of the molecule is Cc1c(Cl)cc(F)c(O)c1C1(CN)CCC1. The van der Waals surface area contributed by atoms with Gasteiger partial charge in [0.1, 0.15) is 0 Å². The quantitative estimate of drug-likeness (QED) is 0.839. The molecule has 1 aromatic carbocycles. The first-order valence-electron chi connectivity index (χ1n) is 5.40. The summed E-state index contributed by atoms with van der Waals surface area (Å²) in [6.45, 7) is 2.22. The summed E-state index contributed by atoms with van der Waals surface area (Å²) in [6.07, 6.45) is 2.83. The summed E-state index contributed by atoms with van der Waals surface area (Å²) in [5.74, 6) is -0.947. The molecule has 3 N–H and O–H groups in total. The van der Waals surface area contributed by atoms with Gasteiger partial charge in [-0.15, -0.1) is 0 Å². The van der Waals surface area contributed by atoms with Crippen LogP contribution in [0.2, 0.25) is 5.02 Å². The monoisotopic (exact) mass is 243 g/mol. The van der Waals surface area contributed by atoms with Crippen molar-refractivity contribution in [3.8, 4) is 5.75 Å². The third-order valence-electron chi connectivity index (χ3n) is 3.68. The molecule has 0 aromatic heterocycles.